The van der Waals surface area contributed by atoms with Gasteiger partial charge in [-0.1, -0.05) is 32.0 Å². The van der Waals surface area contributed by atoms with Crippen LogP contribution < -0.4 is 10.2 Å². The summed E-state index contributed by atoms with van der Waals surface area (Å²) < 4.78 is 33.6. The zero-order valence-corrected chi connectivity index (χ0v) is 22.5. The van der Waals surface area contributed by atoms with E-state index in [1.807, 2.05) is 13.8 Å². The number of hydrogen-bond donors (Lipinski definition) is 1. The zero-order valence-electron chi connectivity index (χ0n) is 22.5. The van der Waals surface area contributed by atoms with Crippen molar-refractivity contribution in [2.75, 3.05) is 23.4 Å². The Morgan fingerprint density at radius 1 is 1.32 bits per heavy atom. The van der Waals surface area contributed by atoms with Crippen molar-refractivity contribution in [1.29, 1.82) is 0 Å². The Balaban J connectivity index is 1.77. The maximum atomic E-state index is 14.7. The Bertz CT molecular complexity index is 1270. The average Bonchev–Trinajstić information content (AvgIpc) is 3.38. The van der Waals surface area contributed by atoms with E-state index >= 15 is 0 Å². The summed E-state index contributed by atoms with van der Waals surface area (Å²) in [7, 11) is 0. The number of aromatic nitrogens is 3. The largest absolute Gasteiger partial charge is 0.443 e. The van der Waals surface area contributed by atoms with Crippen LogP contribution in [-0.2, 0) is 20.8 Å². The molecule has 0 bridgehead atoms. The molecule has 1 aliphatic rings. The molecular formula is C27H36FN5O4. The maximum absolute atomic E-state index is 14.7. The quantitative estimate of drug-likeness (QED) is 0.446. The molecule has 200 valence electrons. The van der Waals surface area contributed by atoms with E-state index in [1.165, 1.54) is 11.0 Å². The van der Waals surface area contributed by atoms with E-state index in [0.717, 1.165) is 5.56 Å². The lowest BCUT2D eigenvalue weighted by Crippen LogP contribution is -2.38. The minimum atomic E-state index is -0.752. The van der Waals surface area contributed by atoms with E-state index in [-0.39, 0.29) is 18.6 Å². The molecule has 37 heavy (non-hydrogen) atoms. The summed E-state index contributed by atoms with van der Waals surface area (Å²) in [5.41, 5.74) is 1.11. The first-order valence-corrected chi connectivity index (χ1v) is 12.5. The predicted molar refractivity (Wildman–Crippen MR) is 139 cm³/mol. The molecule has 1 aromatic carbocycles. The van der Waals surface area contributed by atoms with Gasteiger partial charge in [-0.05, 0) is 46.6 Å². The third kappa shape index (κ3) is 6.37. The topological polar surface area (TPSA) is 90.2 Å². The summed E-state index contributed by atoms with van der Waals surface area (Å²) in [6, 6.07) is 8.08. The number of amides is 1. The normalized spacial score (nSPS) is 17.4. The van der Waals surface area contributed by atoms with E-state index in [4.69, 9.17) is 19.2 Å². The number of hydrogen-bond acceptors (Lipinski definition) is 7. The first-order chi connectivity index (χ1) is 17.3. The highest BCUT2D eigenvalue weighted by molar-refractivity contribution is 5.88. The standard InChI is InChI=1S/C27H36FN5O4/c1-17(2)20-14-30-33-23(12-22(31-24(20)33)29-13-19-16-35-27(6,7)36-19)32(25(34)37-26(3,4)5)15-18-10-8-9-11-21(18)28/h8-12,14,17,19H,13,15-16H2,1-7H3,(H,29,31). The number of nitrogens with zero attached hydrogens (tertiary/aromatic N) is 4. The van der Waals surface area contributed by atoms with E-state index in [9.17, 15) is 9.18 Å². The lowest BCUT2D eigenvalue weighted by Gasteiger charge is -2.28. The van der Waals surface area contributed by atoms with Gasteiger partial charge in [0.05, 0.1) is 19.3 Å². The minimum Gasteiger partial charge on any atom is -0.443 e. The van der Waals surface area contributed by atoms with Crippen molar-refractivity contribution in [3.63, 3.8) is 0 Å². The number of carbonyl (C=O) groups excluding carboxylic acids is 1. The molecule has 10 heteroatoms. The summed E-state index contributed by atoms with van der Waals surface area (Å²) in [4.78, 5) is 19.7. The number of nitrogens with one attached hydrogen (secondary N) is 1. The molecule has 4 rings (SSSR count). The van der Waals surface area contributed by atoms with Crippen LogP contribution in [0.25, 0.3) is 5.65 Å². The molecule has 3 aromatic rings. The Kier molecular flexibility index (Phi) is 7.43. The van der Waals surface area contributed by atoms with Crippen LogP contribution in [0.3, 0.4) is 0 Å². The van der Waals surface area contributed by atoms with Crippen molar-refractivity contribution < 1.29 is 23.4 Å². The van der Waals surface area contributed by atoms with Gasteiger partial charge < -0.3 is 19.5 Å². The van der Waals surface area contributed by atoms with Gasteiger partial charge in [-0.2, -0.15) is 9.61 Å². The summed E-state index contributed by atoms with van der Waals surface area (Å²) in [6.07, 6.45) is 0.962. The Labute approximate surface area is 216 Å². The van der Waals surface area contributed by atoms with Crippen LogP contribution in [0.2, 0.25) is 0 Å². The van der Waals surface area contributed by atoms with Gasteiger partial charge in [-0.25, -0.2) is 14.2 Å². The monoisotopic (exact) mass is 513 g/mol. The molecule has 1 saturated heterocycles. The van der Waals surface area contributed by atoms with Gasteiger partial charge in [0.1, 0.15) is 29.2 Å². The van der Waals surface area contributed by atoms with Crippen molar-refractivity contribution in [3.05, 3.63) is 53.5 Å². The molecule has 0 radical (unpaired) electrons. The summed E-state index contributed by atoms with van der Waals surface area (Å²) in [6.45, 7) is 14.1. The van der Waals surface area contributed by atoms with Gasteiger partial charge in [-0.3, -0.25) is 4.90 Å². The molecule has 0 saturated carbocycles. The number of carbonyl (C=O) groups is 1. The smallest absolute Gasteiger partial charge is 0.416 e. The molecule has 1 amide bonds. The number of rotatable bonds is 7. The number of benzene rings is 1. The van der Waals surface area contributed by atoms with Crippen molar-refractivity contribution in [2.24, 2.45) is 0 Å². The van der Waals surface area contributed by atoms with E-state index in [1.54, 1.807) is 55.7 Å². The first kappa shape index (κ1) is 26.8. The second kappa shape index (κ2) is 10.3. The van der Waals surface area contributed by atoms with Crippen LogP contribution in [0, 0.1) is 5.82 Å². The molecule has 1 unspecified atom stereocenters. The van der Waals surface area contributed by atoms with Crippen molar-refractivity contribution in [1.82, 2.24) is 14.6 Å². The van der Waals surface area contributed by atoms with Gasteiger partial charge in [-0.15, -0.1) is 0 Å². The second-order valence-corrected chi connectivity index (χ2v) is 11.0. The Hall–Kier alpha value is -3.24. The van der Waals surface area contributed by atoms with Gasteiger partial charge >= 0.3 is 6.09 Å². The van der Waals surface area contributed by atoms with Crippen LogP contribution in [0.5, 0.6) is 0 Å². The van der Waals surface area contributed by atoms with Crippen molar-refractivity contribution >= 4 is 23.4 Å². The van der Waals surface area contributed by atoms with E-state index < -0.39 is 23.3 Å². The highest BCUT2D eigenvalue weighted by Crippen LogP contribution is 2.29. The fourth-order valence-corrected chi connectivity index (χ4v) is 4.09. The fourth-order valence-electron chi connectivity index (χ4n) is 4.09. The Morgan fingerprint density at radius 2 is 2.05 bits per heavy atom. The number of fused-ring (bicyclic) bond motifs is 1. The molecule has 1 aliphatic heterocycles. The van der Waals surface area contributed by atoms with Gasteiger partial charge in [0.25, 0.3) is 0 Å². The maximum Gasteiger partial charge on any atom is 0.416 e. The van der Waals surface area contributed by atoms with Crippen LogP contribution >= 0.6 is 0 Å². The Morgan fingerprint density at radius 3 is 2.68 bits per heavy atom. The average molecular weight is 514 g/mol. The summed E-state index contributed by atoms with van der Waals surface area (Å²) in [5.74, 6) is 0.0190. The number of halogens is 1. The molecule has 2 aromatic heterocycles. The second-order valence-electron chi connectivity index (χ2n) is 11.0. The fraction of sp³-hybridized carbons (Fsp3) is 0.519. The zero-order chi connectivity index (χ0) is 27.0. The first-order valence-electron chi connectivity index (χ1n) is 12.5. The highest BCUT2D eigenvalue weighted by atomic mass is 19.1. The molecule has 0 spiro atoms. The van der Waals surface area contributed by atoms with Crippen LogP contribution in [0.1, 0.15) is 65.5 Å². The summed E-state index contributed by atoms with van der Waals surface area (Å²) >= 11 is 0. The molecule has 3 heterocycles. The van der Waals surface area contributed by atoms with Crippen LogP contribution in [0.15, 0.2) is 36.5 Å². The summed E-state index contributed by atoms with van der Waals surface area (Å²) in [5, 5.41) is 7.86. The van der Waals surface area contributed by atoms with Crippen LogP contribution in [-0.4, -0.2) is 51.3 Å². The van der Waals surface area contributed by atoms with E-state index in [0.29, 0.717) is 36.0 Å². The molecule has 0 aliphatic carbocycles. The minimum absolute atomic E-state index is 0.0508. The van der Waals surface area contributed by atoms with E-state index in [2.05, 4.69) is 24.3 Å². The molecule has 1 N–H and O–H groups in total. The highest BCUT2D eigenvalue weighted by Gasteiger charge is 2.33. The molecular weight excluding hydrogens is 477 g/mol. The van der Waals surface area contributed by atoms with Crippen LogP contribution in [0.4, 0.5) is 20.8 Å². The molecule has 1 fully saturated rings. The van der Waals surface area contributed by atoms with Gasteiger partial charge in [0, 0.05) is 23.7 Å². The predicted octanol–water partition coefficient (Wildman–Crippen LogP) is 5.50. The lowest BCUT2D eigenvalue weighted by atomic mass is 10.1. The number of ether oxygens (including phenoxy) is 3. The molecule has 9 nitrogen and oxygen atoms in total. The third-order valence-corrected chi connectivity index (χ3v) is 5.86. The third-order valence-electron chi connectivity index (χ3n) is 5.86. The number of anilines is 2. The molecule has 1 atom stereocenters. The van der Waals surface area contributed by atoms with Crippen molar-refractivity contribution in [2.45, 2.75) is 78.4 Å². The SMILES string of the molecule is CC(C)c1cnn2c(N(Cc3ccccc3F)C(=O)OC(C)(C)C)cc(NCC3COC(C)(C)O3)nc12. The van der Waals surface area contributed by atoms with Crippen molar-refractivity contribution in [3.8, 4) is 0 Å². The lowest BCUT2D eigenvalue weighted by molar-refractivity contribution is -0.136. The van der Waals surface area contributed by atoms with Gasteiger partial charge in [0.2, 0.25) is 0 Å². The van der Waals surface area contributed by atoms with Gasteiger partial charge in [0.15, 0.2) is 11.4 Å².